The van der Waals surface area contributed by atoms with Crippen molar-refractivity contribution in [2.45, 2.75) is 32.9 Å². The summed E-state index contributed by atoms with van der Waals surface area (Å²) in [5, 5.41) is 7.73. The summed E-state index contributed by atoms with van der Waals surface area (Å²) in [4.78, 5) is 14.0. The molecule has 1 N–H and O–H groups in total. The molecule has 2 heterocycles. The molecule has 0 aliphatic carbocycles. The number of fused-ring (bicyclic) bond motifs is 1. The second-order valence-corrected chi connectivity index (χ2v) is 5.39. The van der Waals surface area contributed by atoms with Gasteiger partial charge in [-0.15, -0.1) is 0 Å². The molecule has 1 aliphatic rings. The first-order valence-corrected chi connectivity index (χ1v) is 7.36. The number of carbonyl (C=O) groups excluding carboxylic acids is 1. The number of nitrogens with one attached hydrogen (secondary N) is 1. The van der Waals surface area contributed by atoms with E-state index in [1.807, 2.05) is 41.2 Å². The van der Waals surface area contributed by atoms with Crippen LogP contribution in [0.4, 0.5) is 11.4 Å². The SMILES string of the molecule is CCC(C)n1ccc(CN2C(=O)CNc3ccccc32)n1. The van der Waals surface area contributed by atoms with Gasteiger partial charge in [-0.05, 0) is 31.5 Å². The largest absolute Gasteiger partial charge is 0.374 e. The molecule has 0 fully saturated rings. The van der Waals surface area contributed by atoms with Gasteiger partial charge in [0.1, 0.15) is 0 Å². The highest BCUT2D eigenvalue weighted by Gasteiger charge is 2.24. The molecule has 1 atom stereocenters. The number of carbonyl (C=O) groups is 1. The summed E-state index contributed by atoms with van der Waals surface area (Å²) in [7, 11) is 0. The minimum atomic E-state index is 0.0757. The molecule has 0 radical (unpaired) electrons. The number of nitrogens with zero attached hydrogens (tertiary/aromatic N) is 3. The Morgan fingerprint density at radius 1 is 1.33 bits per heavy atom. The van der Waals surface area contributed by atoms with Gasteiger partial charge >= 0.3 is 0 Å². The second kappa shape index (κ2) is 5.60. The van der Waals surface area contributed by atoms with Crippen LogP contribution < -0.4 is 10.2 Å². The Bertz CT molecular complexity index is 649. The van der Waals surface area contributed by atoms with Gasteiger partial charge in [-0.25, -0.2) is 0 Å². The lowest BCUT2D eigenvalue weighted by Crippen LogP contribution is -2.39. The summed E-state index contributed by atoms with van der Waals surface area (Å²) < 4.78 is 1.97. The quantitative estimate of drug-likeness (QED) is 0.939. The van der Waals surface area contributed by atoms with Crippen molar-refractivity contribution >= 4 is 17.3 Å². The van der Waals surface area contributed by atoms with Crippen molar-refractivity contribution in [3.63, 3.8) is 0 Å². The highest BCUT2D eigenvalue weighted by atomic mass is 16.2. The summed E-state index contributed by atoms with van der Waals surface area (Å²) in [6.07, 6.45) is 3.03. The Balaban J connectivity index is 1.84. The number of hydrogen-bond donors (Lipinski definition) is 1. The fraction of sp³-hybridized carbons (Fsp3) is 0.375. The molecular formula is C16H20N4O. The summed E-state index contributed by atoms with van der Waals surface area (Å²) in [5.41, 5.74) is 2.84. The van der Waals surface area contributed by atoms with E-state index < -0.39 is 0 Å². The Morgan fingerprint density at radius 2 is 2.14 bits per heavy atom. The van der Waals surface area contributed by atoms with E-state index in [0.29, 0.717) is 19.1 Å². The monoisotopic (exact) mass is 284 g/mol. The lowest BCUT2D eigenvalue weighted by atomic mass is 10.2. The molecule has 110 valence electrons. The van der Waals surface area contributed by atoms with Crippen molar-refractivity contribution in [2.24, 2.45) is 0 Å². The lowest BCUT2D eigenvalue weighted by molar-refractivity contribution is -0.117. The van der Waals surface area contributed by atoms with Gasteiger partial charge in [-0.3, -0.25) is 9.48 Å². The van der Waals surface area contributed by atoms with Crippen LogP contribution in [0.5, 0.6) is 0 Å². The standard InChI is InChI=1S/C16H20N4O/c1-3-12(2)20-9-8-13(18-20)11-19-15-7-5-4-6-14(15)17-10-16(19)21/h4-9,12,17H,3,10-11H2,1-2H3. The smallest absolute Gasteiger partial charge is 0.246 e. The van der Waals surface area contributed by atoms with Crippen LogP contribution in [0.15, 0.2) is 36.5 Å². The minimum Gasteiger partial charge on any atom is -0.374 e. The fourth-order valence-electron chi connectivity index (χ4n) is 2.49. The van der Waals surface area contributed by atoms with E-state index in [1.54, 1.807) is 4.90 Å². The van der Waals surface area contributed by atoms with Crippen molar-refractivity contribution in [3.05, 3.63) is 42.2 Å². The lowest BCUT2D eigenvalue weighted by Gasteiger charge is -2.29. The van der Waals surface area contributed by atoms with Gasteiger partial charge in [-0.1, -0.05) is 19.1 Å². The molecule has 1 aromatic carbocycles. The average Bonchev–Trinajstić information content (AvgIpc) is 2.98. The topological polar surface area (TPSA) is 50.2 Å². The maximum Gasteiger partial charge on any atom is 0.246 e. The van der Waals surface area contributed by atoms with Gasteiger partial charge in [0.05, 0.1) is 30.2 Å². The van der Waals surface area contributed by atoms with Crippen LogP contribution in [0.2, 0.25) is 0 Å². The first kappa shape index (κ1) is 13.7. The number of benzene rings is 1. The molecule has 21 heavy (non-hydrogen) atoms. The number of anilines is 2. The van der Waals surface area contributed by atoms with Crippen molar-refractivity contribution in [2.75, 3.05) is 16.8 Å². The van der Waals surface area contributed by atoms with Crippen LogP contribution in [0, 0.1) is 0 Å². The van der Waals surface area contributed by atoms with Crippen LogP contribution in [-0.4, -0.2) is 22.2 Å². The fourth-order valence-corrected chi connectivity index (χ4v) is 2.49. The number of hydrogen-bond acceptors (Lipinski definition) is 3. The number of para-hydroxylation sites is 2. The van der Waals surface area contributed by atoms with Gasteiger partial charge in [0.15, 0.2) is 0 Å². The highest BCUT2D eigenvalue weighted by molar-refractivity contribution is 6.02. The predicted molar refractivity (Wildman–Crippen MR) is 83.4 cm³/mol. The molecule has 5 nitrogen and oxygen atoms in total. The van der Waals surface area contributed by atoms with Crippen LogP contribution >= 0.6 is 0 Å². The first-order valence-electron chi connectivity index (χ1n) is 7.36. The van der Waals surface area contributed by atoms with E-state index in [2.05, 4.69) is 24.3 Å². The van der Waals surface area contributed by atoms with Gasteiger partial charge in [-0.2, -0.15) is 5.10 Å². The molecule has 1 amide bonds. The third kappa shape index (κ3) is 2.63. The molecule has 3 rings (SSSR count). The van der Waals surface area contributed by atoms with Crippen LogP contribution in [0.1, 0.15) is 32.0 Å². The predicted octanol–water partition coefficient (Wildman–Crippen LogP) is 2.81. The van der Waals surface area contributed by atoms with Gasteiger partial charge in [0.25, 0.3) is 0 Å². The Morgan fingerprint density at radius 3 is 2.95 bits per heavy atom. The zero-order valence-corrected chi connectivity index (χ0v) is 12.4. The minimum absolute atomic E-state index is 0.0757. The third-order valence-corrected chi connectivity index (χ3v) is 3.95. The van der Waals surface area contributed by atoms with Crippen molar-refractivity contribution in [1.29, 1.82) is 0 Å². The zero-order valence-electron chi connectivity index (χ0n) is 12.4. The molecule has 2 aromatic rings. The summed E-state index contributed by atoms with van der Waals surface area (Å²) in [6.45, 7) is 5.13. The number of amides is 1. The number of aromatic nitrogens is 2. The molecule has 1 aromatic heterocycles. The van der Waals surface area contributed by atoms with Crippen LogP contribution in [0.3, 0.4) is 0 Å². The number of rotatable bonds is 4. The Hall–Kier alpha value is -2.30. The molecule has 5 heteroatoms. The molecule has 0 saturated carbocycles. The third-order valence-electron chi connectivity index (χ3n) is 3.95. The molecular weight excluding hydrogens is 264 g/mol. The molecule has 0 spiro atoms. The summed E-state index contributed by atoms with van der Waals surface area (Å²) in [5.74, 6) is 0.0757. The summed E-state index contributed by atoms with van der Waals surface area (Å²) >= 11 is 0. The van der Waals surface area contributed by atoms with Crippen LogP contribution in [0.25, 0.3) is 0 Å². The van der Waals surface area contributed by atoms with Gasteiger partial charge in [0.2, 0.25) is 5.91 Å². The normalized spacial score (nSPS) is 15.5. The molecule has 0 saturated heterocycles. The van der Waals surface area contributed by atoms with E-state index in [1.165, 1.54) is 0 Å². The zero-order chi connectivity index (χ0) is 14.8. The second-order valence-electron chi connectivity index (χ2n) is 5.39. The molecule has 0 bridgehead atoms. The maximum atomic E-state index is 12.2. The van der Waals surface area contributed by atoms with Crippen molar-refractivity contribution < 1.29 is 4.79 Å². The molecule has 1 unspecified atom stereocenters. The van der Waals surface area contributed by atoms with Crippen molar-refractivity contribution in [1.82, 2.24) is 9.78 Å². The molecule has 1 aliphatic heterocycles. The Kier molecular flexibility index (Phi) is 3.64. The van der Waals surface area contributed by atoms with Crippen molar-refractivity contribution in [3.8, 4) is 0 Å². The van der Waals surface area contributed by atoms with E-state index in [-0.39, 0.29) is 5.91 Å². The average molecular weight is 284 g/mol. The van der Waals surface area contributed by atoms with E-state index >= 15 is 0 Å². The first-order chi connectivity index (χ1) is 10.2. The van der Waals surface area contributed by atoms with E-state index in [0.717, 1.165) is 23.5 Å². The van der Waals surface area contributed by atoms with E-state index in [4.69, 9.17) is 0 Å². The summed E-state index contributed by atoms with van der Waals surface area (Å²) in [6, 6.07) is 10.2. The van der Waals surface area contributed by atoms with Gasteiger partial charge in [0, 0.05) is 12.2 Å². The maximum absolute atomic E-state index is 12.2. The van der Waals surface area contributed by atoms with Gasteiger partial charge < -0.3 is 10.2 Å². The highest BCUT2D eigenvalue weighted by Crippen LogP contribution is 2.30. The van der Waals surface area contributed by atoms with E-state index in [9.17, 15) is 4.79 Å². The van der Waals surface area contributed by atoms with Crippen LogP contribution in [-0.2, 0) is 11.3 Å². The Labute approximate surface area is 124 Å².